The van der Waals surface area contributed by atoms with Crippen LogP contribution in [0.2, 0.25) is 0 Å². The van der Waals surface area contributed by atoms with Crippen molar-refractivity contribution in [1.29, 1.82) is 0 Å². The lowest BCUT2D eigenvalue weighted by atomic mass is 10.3. The van der Waals surface area contributed by atoms with Gasteiger partial charge in [-0.05, 0) is 6.42 Å². The first-order valence-electron chi connectivity index (χ1n) is 4.43. The fourth-order valence-corrected chi connectivity index (χ4v) is 3.30. The zero-order chi connectivity index (χ0) is 11.7. The van der Waals surface area contributed by atoms with E-state index in [1.54, 1.807) is 0 Å². The molecule has 3 N–H and O–H groups in total. The number of nitrogens with two attached hydrogens (primary N) is 1. The Kier molecular flexibility index (Phi) is 8.64. The molecule has 5 nitrogen and oxygen atoms in total. The molecule has 0 radical (unpaired) electrons. The Balaban J connectivity index is 3.62. The second-order valence-corrected chi connectivity index (χ2v) is 5.50. The van der Waals surface area contributed by atoms with Gasteiger partial charge in [-0.25, -0.2) is 0 Å². The van der Waals surface area contributed by atoms with Crippen LogP contribution in [0.25, 0.3) is 0 Å². The molecular weight excluding hydrogens is 238 g/mol. The average Bonchev–Trinajstić information content (AvgIpc) is 2.22. The molecule has 0 spiro atoms. The van der Waals surface area contributed by atoms with Crippen LogP contribution < -0.4 is 5.73 Å². The highest BCUT2D eigenvalue weighted by Crippen LogP contribution is 2.29. The van der Waals surface area contributed by atoms with Gasteiger partial charge in [0.25, 0.3) is 6.47 Å². The minimum absolute atomic E-state index is 0.182. The summed E-state index contributed by atoms with van der Waals surface area (Å²) in [5.74, 6) is -0.655. The lowest BCUT2D eigenvalue weighted by Crippen LogP contribution is -2.32. The van der Waals surface area contributed by atoms with Crippen molar-refractivity contribution >= 4 is 34.0 Å². The Bertz CT molecular complexity index is 203. The van der Waals surface area contributed by atoms with E-state index in [4.69, 9.17) is 10.8 Å². The van der Waals surface area contributed by atoms with E-state index >= 15 is 0 Å². The fourth-order valence-electron chi connectivity index (χ4n) is 0.640. The Morgan fingerprint density at radius 1 is 1.67 bits per heavy atom. The maximum atomic E-state index is 10.4. The van der Waals surface area contributed by atoms with Gasteiger partial charge in [-0.1, -0.05) is 28.5 Å². The molecule has 0 saturated carbocycles. The van der Waals surface area contributed by atoms with Crippen molar-refractivity contribution in [2.75, 3.05) is 12.4 Å². The molecule has 0 amide bonds. The number of carbonyl (C=O) groups excluding carboxylic acids is 1. The van der Waals surface area contributed by atoms with Crippen LogP contribution in [0.15, 0.2) is 0 Å². The molecule has 2 atom stereocenters. The molecule has 0 aromatic rings. The number of carboxylic acid groups (broad SMARTS) is 1. The van der Waals surface area contributed by atoms with Crippen LogP contribution in [0.4, 0.5) is 0 Å². The Hall–Kier alpha value is -0.400. The minimum Gasteiger partial charge on any atom is -0.480 e. The number of carbonyl (C=O) groups is 2. The predicted molar refractivity (Wildman–Crippen MR) is 61.8 cm³/mol. The summed E-state index contributed by atoms with van der Waals surface area (Å²) in [6.07, 6.45) is 0.855. The predicted octanol–water partition coefficient (Wildman–Crippen LogP) is 0.731. The Morgan fingerprint density at radius 3 is 2.80 bits per heavy atom. The van der Waals surface area contributed by atoms with Gasteiger partial charge >= 0.3 is 5.97 Å². The molecule has 1 unspecified atom stereocenters. The largest absolute Gasteiger partial charge is 0.480 e. The van der Waals surface area contributed by atoms with E-state index in [9.17, 15) is 9.59 Å². The number of rotatable bonds is 9. The minimum atomic E-state index is -1.000. The molecule has 7 heteroatoms. The highest BCUT2D eigenvalue weighted by Gasteiger charge is 2.13. The summed E-state index contributed by atoms with van der Waals surface area (Å²) >= 11 is 0. The maximum absolute atomic E-state index is 10.4. The van der Waals surface area contributed by atoms with Crippen molar-refractivity contribution < 1.29 is 19.4 Å². The van der Waals surface area contributed by atoms with E-state index in [0.717, 1.165) is 6.42 Å². The highest BCUT2D eigenvalue weighted by atomic mass is 33.1. The summed E-state index contributed by atoms with van der Waals surface area (Å²) in [5.41, 5.74) is 5.32. The second-order valence-electron chi connectivity index (χ2n) is 2.79. The molecule has 0 fully saturated rings. The molecule has 0 aromatic heterocycles. The molecule has 0 rings (SSSR count). The van der Waals surface area contributed by atoms with E-state index in [1.165, 1.54) is 21.6 Å². The van der Waals surface area contributed by atoms with Gasteiger partial charge in [-0.15, -0.1) is 0 Å². The van der Waals surface area contributed by atoms with Crippen molar-refractivity contribution in [1.82, 2.24) is 0 Å². The zero-order valence-corrected chi connectivity index (χ0v) is 10.1. The summed E-state index contributed by atoms with van der Waals surface area (Å²) in [5, 5.41) is 8.71. The van der Waals surface area contributed by atoms with Crippen LogP contribution >= 0.6 is 21.6 Å². The normalized spacial score (nSPS) is 14.3. The second kappa shape index (κ2) is 8.87. The SMILES string of the molecule is CCC(COC=O)SSC[C@@H](N)C(=O)O. The van der Waals surface area contributed by atoms with Crippen LogP contribution in [0.3, 0.4) is 0 Å². The van der Waals surface area contributed by atoms with Crippen molar-refractivity contribution in [3.63, 3.8) is 0 Å². The Labute approximate surface area is 96.5 Å². The molecule has 0 saturated heterocycles. The number of carboxylic acids is 1. The van der Waals surface area contributed by atoms with E-state index in [1.807, 2.05) is 6.92 Å². The van der Waals surface area contributed by atoms with Gasteiger partial charge in [0.1, 0.15) is 12.6 Å². The number of ether oxygens (including phenoxy) is 1. The van der Waals surface area contributed by atoms with Gasteiger partial charge in [0, 0.05) is 11.0 Å². The molecule has 0 bridgehead atoms. The van der Waals surface area contributed by atoms with E-state index < -0.39 is 12.0 Å². The summed E-state index contributed by atoms with van der Waals surface area (Å²) in [7, 11) is 2.88. The topological polar surface area (TPSA) is 89.6 Å². The van der Waals surface area contributed by atoms with Crippen molar-refractivity contribution in [2.45, 2.75) is 24.6 Å². The van der Waals surface area contributed by atoms with E-state index in [0.29, 0.717) is 18.8 Å². The first kappa shape index (κ1) is 14.6. The molecule has 0 aliphatic rings. The smallest absolute Gasteiger partial charge is 0.321 e. The highest BCUT2D eigenvalue weighted by molar-refractivity contribution is 8.77. The first-order valence-corrected chi connectivity index (χ1v) is 6.81. The van der Waals surface area contributed by atoms with Crippen molar-refractivity contribution in [3.05, 3.63) is 0 Å². The molecule has 15 heavy (non-hydrogen) atoms. The van der Waals surface area contributed by atoms with Crippen LogP contribution in [-0.2, 0) is 14.3 Å². The van der Waals surface area contributed by atoms with E-state index in [2.05, 4.69) is 4.74 Å². The van der Waals surface area contributed by atoms with E-state index in [-0.39, 0.29) is 5.25 Å². The van der Waals surface area contributed by atoms with Crippen LogP contribution in [-0.4, -0.2) is 41.2 Å². The zero-order valence-electron chi connectivity index (χ0n) is 8.42. The fraction of sp³-hybridized carbons (Fsp3) is 0.750. The van der Waals surface area contributed by atoms with Gasteiger partial charge in [0.2, 0.25) is 0 Å². The third-order valence-electron chi connectivity index (χ3n) is 1.57. The van der Waals surface area contributed by atoms with Crippen LogP contribution in [0.5, 0.6) is 0 Å². The maximum Gasteiger partial charge on any atom is 0.321 e. The summed E-state index contributed by atoms with van der Waals surface area (Å²) in [6.45, 7) is 2.74. The lowest BCUT2D eigenvalue weighted by molar-refractivity contribution is -0.138. The standard InChI is InChI=1S/C8H15NO4S2/c1-2-6(3-13-5-10)15-14-4-7(9)8(11)12/h5-7H,2-4,9H2,1H3,(H,11,12)/t6?,7-/m1/s1. The first-order chi connectivity index (χ1) is 7.11. The number of hydrogen-bond donors (Lipinski definition) is 2. The molecule has 0 aromatic carbocycles. The van der Waals surface area contributed by atoms with Gasteiger partial charge in [0.05, 0.1) is 0 Å². The quantitative estimate of drug-likeness (QED) is 0.462. The number of aliphatic carboxylic acids is 1. The molecule has 0 aliphatic heterocycles. The van der Waals surface area contributed by atoms with Crippen molar-refractivity contribution in [3.8, 4) is 0 Å². The monoisotopic (exact) mass is 253 g/mol. The van der Waals surface area contributed by atoms with Crippen LogP contribution in [0, 0.1) is 0 Å². The summed E-state index contributed by atoms with van der Waals surface area (Å²) in [4.78, 5) is 20.4. The molecule has 88 valence electrons. The van der Waals surface area contributed by atoms with Gasteiger partial charge in [-0.3, -0.25) is 9.59 Å². The molecular formula is C8H15NO4S2. The van der Waals surface area contributed by atoms with Gasteiger partial charge < -0.3 is 15.6 Å². The molecule has 0 heterocycles. The summed E-state index contributed by atoms with van der Waals surface area (Å²) < 4.78 is 4.63. The average molecular weight is 253 g/mol. The van der Waals surface area contributed by atoms with Gasteiger partial charge in [-0.2, -0.15) is 0 Å². The lowest BCUT2D eigenvalue weighted by Gasteiger charge is -2.12. The number of hydrogen-bond acceptors (Lipinski definition) is 6. The third kappa shape index (κ3) is 7.52. The molecule has 0 aliphatic carbocycles. The van der Waals surface area contributed by atoms with Crippen molar-refractivity contribution in [2.24, 2.45) is 5.73 Å². The third-order valence-corrected chi connectivity index (χ3v) is 4.58. The summed E-state index contributed by atoms with van der Waals surface area (Å²) in [6, 6.07) is -0.841. The van der Waals surface area contributed by atoms with Crippen LogP contribution in [0.1, 0.15) is 13.3 Å². The Morgan fingerprint density at radius 2 is 2.33 bits per heavy atom. The van der Waals surface area contributed by atoms with Gasteiger partial charge in [0.15, 0.2) is 0 Å².